The molecule has 14 nitrogen and oxygen atoms in total. The Morgan fingerprint density at radius 3 is 0.784 bits per heavy atom. The third kappa shape index (κ3) is 41.2. The molecule has 0 aliphatic rings. The number of benzene rings is 1. The first-order chi connectivity index (χ1) is 40.4. The van der Waals surface area contributed by atoms with Crippen molar-refractivity contribution in [1.82, 2.24) is 10.6 Å². The largest absolute Gasteiger partial charge is 0.437 e. The zero-order valence-electron chi connectivity index (χ0n) is 61.3. The minimum atomic E-state index is -2.65. The van der Waals surface area contributed by atoms with Crippen molar-refractivity contribution in [1.29, 1.82) is 0 Å². The van der Waals surface area contributed by atoms with E-state index in [9.17, 15) is 19.2 Å². The highest BCUT2D eigenvalue weighted by molar-refractivity contribution is 6.91. The fourth-order valence-corrected chi connectivity index (χ4v) is 60.1. The SMILES string of the molecule is CCCCCCCCCCCCCC(=O)c1cc(C(=O)CCCCCCCCCCCCC)c(C(=O)NCCC[Si](C)(C)O[Si](C)(C)O[Si](C)(C)O[Si](C)(C)O[Si](C)(C)C)cc1C(=O)NCCC[Si](C)(C)O[Si](C)(C)O[Si](C)(C)O[Si](C)(C)O[Si](C)(C)C. The number of hydrogen-bond acceptors (Lipinski definition) is 12. The summed E-state index contributed by atoms with van der Waals surface area (Å²) in [6.07, 6.45) is 27.2. The van der Waals surface area contributed by atoms with Gasteiger partial charge in [0.05, 0.1) is 11.1 Å². The fourth-order valence-electron chi connectivity index (χ4n) is 12.6. The minimum absolute atomic E-state index is 0.138. The van der Waals surface area contributed by atoms with Gasteiger partial charge in [0.15, 0.2) is 44.8 Å². The number of ketones is 2. The van der Waals surface area contributed by atoms with E-state index < -0.39 is 96.4 Å². The van der Waals surface area contributed by atoms with Gasteiger partial charge in [0.2, 0.25) is 0 Å². The predicted molar refractivity (Wildman–Crippen MR) is 396 cm³/mol. The third-order valence-corrected chi connectivity index (χ3v) is 50.9. The predicted octanol–water partition coefficient (Wildman–Crippen LogP) is 20.1. The third-order valence-electron chi connectivity index (χ3n) is 14.9. The highest BCUT2D eigenvalue weighted by atomic mass is 28.5. The molecule has 24 heteroatoms. The van der Waals surface area contributed by atoms with Crippen LogP contribution in [0.15, 0.2) is 12.1 Å². The van der Waals surface area contributed by atoms with E-state index in [2.05, 4.69) is 169 Å². The molecule has 1 aromatic rings. The Morgan fingerprint density at radius 1 is 0.295 bits per heavy atom. The molecule has 1 aromatic carbocycles. The van der Waals surface area contributed by atoms with Crippen molar-refractivity contribution >= 4 is 108 Å². The Balaban J connectivity index is 3.52. The summed E-state index contributed by atoms with van der Waals surface area (Å²) in [6, 6.07) is 4.65. The maximum atomic E-state index is 14.6. The Labute approximate surface area is 551 Å². The molecule has 0 unspecified atom stereocenters. The van der Waals surface area contributed by atoms with E-state index in [1.807, 2.05) is 0 Å². The number of carbonyl (C=O) groups is 4. The quantitative estimate of drug-likeness (QED) is 0.0361. The molecule has 0 saturated carbocycles. The van der Waals surface area contributed by atoms with Crippen LogP contribution in [-0.2, 0) is 32.9 Å². The van der Waals surface area contributed by atoms with Crippen molar-refractivity contribution in [3.8, 4) is 0 Å². The smallest absolute Gasteiger partial charge is 0.314 e. The van der Waals surface area contributed by atoms with E-state index in [1.54, 1.807) is 6.07 Å². The lowest BCUT2D eigenvalue weighted by Gasteiger charge is -2.42. The van der Waals surface area contributed by atoms with Gasteiger partial charge in [-0.05, 0) is 194 Å². The molecule has 2 amide bonds. The summed E-state index contributed by atoms with van der Waals surface area (Å²) in [5.41, 5.74) is 0.705. The highest BCUT2D eigenvalue weighted by Gasteiger charge is 2.47. The van der Waals surface area contributed by atoms with E-state index in [4.69, 9.17) is 32.9 Å². The van der Waals surface area contributed by atoms with Crippen molar-refractivity contribution in [3.63, 3.8) is 0 Å². The average molecular weight is 1410 g/mol. The lowest BCUT2D eigenvalue weighted by Crippen LogP contribution is -2.58. The average Bonchev–Trinajstić information content (AvgIpc) is 1.97. The lowest BCUT2D eigenvalue weighted by molar-refractivity contribution is 0.0919. The first-order valence-corrected chi connectivity index (χ1v) is 64.7. The number of rotatable bonds is 52. The molecule has 88 heavy (non-hydrogen) atoms. The molecule has 0 saturated heterocycles. The van der Waals surface area contributed by atoms with Gasteiger partial charge in [0.25, 0.3) is 11.8 Å². The summed E-state index contributed by atoms with van der Waals surface area (Å²) in [7, 11) is -23.6. The first-order valence-electron chi connectivity index (χ1n) is 34.8. The van der Waals surface area contributed by atoms with E-state index in [0.717, 1.165) is 50.6 Å². The van der Waals surface area contributed by atoms with E-state index in [1.165, 1.54) is 96.0 Å². The standard InChI is InChI=1S/C64H136N2O12Si10/c1-25-27-29-31-33-35-37-39-41-43-45-49-61(67)57-55-58(62(68)50-46-44-42-40-38-36-34-32-30-28-26-2)60(64(70)66-52-48-54-82(11,12)74-86(19,20)78-88(23,24)76-84(15,16)72-80(6,7)8)56-59(57)63(69)65-51-47-53-81(9,10)73-85(17,18)77-87(21,22)75-83(13,14)71-79(3,4)5/h55-56H,25-54H2,1-24H3,(H,65,69)(H,66,70). The number of carbonyl (C=O) groups excluding carboxylic acids is 4. The minimum Gasteiger partial charge on any atom is -0.437 e. The van der Waals surface area contributed by atoms with E-state index >= 15 is 0 Å². The second-order valence-electron chi connectivity index (χ2n) is 31.0. The zero-order chi connectivity index (χ0) is 67.3. The van der Waals surface area contributed by atoms with Gasteiger partial charge >= 0.3 is 51.4 Å². The number of amides is 2. The summed E-state index contributed by atoms with van der Waals surface area (Å²) in [4.78, 5) is 58.3. The van der Waals surface area contributed by atoms with Crippen LogP contribution in [0, 0.1) is 0 Å². The molecule has 0 aliphatic heterocycles. The molecule has 514 valence electrons. The molecule has 0 atom stereocenters. The molecule has 1 rings (SSSR count). The number of nitrogens with one attached hydrogen (secondary N) is 2. The molecule has 0 fully saturated rings. The molecule has 0 aliphatic carbocycles. The van der Waals surface area contributed by atoms with Gasteiger partial charge in [0.1, 0.15) is 0 Å². The topological polar surface area (TPSA) is 166 Å². The van der Waals surface area contributed by atoms with Gasteiger partial charge in [-0.2, -0.15) is 0 Å². The summed E-state index contributed by atoms with van der Waals surface area (Å²) in [5, 5.41) is 6.26. The second kappa shape index (κ2) is 40.0. The molecule has 0 radical (unpaired) electrons. The van der Waals surface area contributed by atoms with Gasteiger partial charge in [-0.25, -0.2) is 0 Å². The van der Waals surface area contributed by atoms with Crippen molar-refractivity contribution in [2.45, 2.75) is 337 Å². The van der Waals surface area contributed by atoms with Crippen molar-refractivity contribution in [3.05, 3.63) is 34.4 Å². The molecule has 0 heterocycles. The van der Waals surface area contributed by atoms with Crippen LogP contribution in [0.4, 0.5) is 0 Å². The van der Waals surface area contributed by atoms with Crippen LogP contribution in [0.5, 0.6) is 0 Å². The molecule has 0 aromatic heterocycles. The van der Waals surface area contributed by atoms with Crippen LogP contribution in [0.3, 0.4) is 0 Å². The summed E-state index contributed by atoms with van der Waals surface area (Å²) in [6.45, 7) is 52.1. The number of Topliss-reactive ketones (excluding diaryl/α,β-unsaturated/α-hetero) is 2. The monoisotopic (exact) mass is 1400 g/mol. The number of hydrogen-bond donors (Lipinski definition) is 2. The van der Waals surface area contributed by atoms with Crippen LogP contribution >= 0.6 is 0 Å². The van der Waals surface area contributed by atoms with Crippen molar-refractivity contribution < 1.29 is 52.1 Å². The maximum Gasteiger partial charge on any atom is 0.314 e. The van der Waals surface area contributed by atoms with Crippen LogP contribution in [0.2, 0.25) is 156 Å². The number of unbranched alkanes of at least 4 members (excludes halogenated alkanes) is 20. The lowest BCUT2D eigenvalue weighted by atomic mass is 9.90. The van der Waals surface area contributed by atoms with Crippen LogP contribution < -0.4 is 10.6 Å². The van der Waals surface area contributed by atoms with Gasteiger partial charge in [0, 0.05) is 37.1 Å². The summed E-state index contributed by atoms with van der Waals surface area (Å²) in [5.74, 6) is -1.21. The maximum absolute atomic E-state index is 14.6. The van der Waals surface area contributed by atoms with E-state index in [0.29, 0.717) is 38.8 Å². The van der Waals surface area contributed by atoms with Gasteiger partial charge < -0.3 is 43.6 Å². The molecule has 0 spiro atoms. The van der Waals surface area contributed by atoms with Crippen LogP contribution in [0.25, 0.3) is 0 Å². The Hall–Kier alpha value is -0.651. The Kier molecular flexibility index (Phi) is 38.8. The second-order valence-corrected chi connectivity index (χ2v) is 70.9. The zero-order valence-corrected chi connectivity index (χ0v) is 71.3. The highest BCUT2D eigenvalue weighted by Crippen LogP contribution is 2.31. The molecule has 2 N–H and O–H groups in total. The van der Waals surface area contributed by atoms with Gasteiger partial charge in [-0.1, -0.05) is 142 Å². The normalized spacial score (nSPS) is 13.5. The summed E-state index contributed by atoms with van der Waals surface area (Å²) < 4.78 is 53.9. The van der Waals surface area contributed by atoms with E-state index in [-0.39, 0.29) is 46.7 Å². The summed E-state index contributed by atoms with van der Waals surface area (Å²) >= 11 is 0. The first kappa shape index (κ1) is 85.4. The Bertz CT molecular complexity index is 2070. The molecule has 0 bridgehead atoms. The fraction of sp³-hybridized carbons (Fsp3) is 0.844. The molecular formula is C64H136N2O12Si10. The van der Waals surface area contributed by atoms with Crippen LogP contribution in [0.1, 0.15) is 222 Å². The Morgan fingerprint density at radius 2 is 0.523 bits per heavy atom. The van der Waals surface area contributed by atoms with Crippen LogP contribution in [-0.4, -0.2) is 121 Å². The molecular weight excluding hydrogens is 1270 g/mol. The van der Waals surface area contributed by atoms with Crippen molar-refractivity contribution in [2.24, 2.45) is 0 Å². The van der Waals surface area contributed by atoms with Gasteiger partial charge in [-0.3, -0.25) is 19.2 Å². The van der Waals surface area contributed by atoms with Gasteiger partial charge in [-0.15, -0.1) is 0 Å². The van der Waals surface area contributed by atoms with Crippen molar-refractivity contribution in [2.75, 3.05) is 13.1 Å².